The van der Waals surface area contributed by atoms with E-state index in [0.717, 1.165) is 5.56 Å². The molecule has 0 saturated carbocycles. The number of rotatable bonds is 4. The van der Waals surface area contributed by atoms with Crippen LogP contribution in [0.1, 0.15) is 115 Å². The summed E-state index contributed by atoms with van der Waals surface area (Å²) >= 11 is 0. The van der Waals surface area contributed by atoms with Crippen LogP contribution in [-0.2, 0) is 20.1 Å². The molecule has 1 unspecified atom stereocenters. The summed E-state index contributed by atoms with van der Waals surface area (Å²) in [5, 5.41) is 12.2. The van der Waals surface area contributed by atoms with Gasteiger partial charge < -0.3 is 19.3 Å². The minimum Gasteiger partial charge on any atom is -0.507 e. The molecule has 2 bridgehead atoms. The second kappa shape index (κ2) is 9.04. The van der Waals surface area contributed by atoms with Gasteiger partial charge in [-0.1, -0.05) is 58.0 Å². The number of allylic oxidation sites excluding steroid dienone is 2. The molecule has 3 aliphatic heterocycles. The SMILES string of the molecule is CC(C)C(=O)c1c(O)c2c(c3c1O[C@@]1(c4ccccc4)C[C@@H]3C(C)(C)O1)OC1=C(C(=O)C(C)(C)C(=O)C1(C)C)C2C(C)C. The van der Waals surface area contributed by atoms with Gasteiger partial charge in [-0.3, -0.25) is 14.4 Å². The van der Waals surface area contributed by atoms with Crippen LogP contribution in [0.5, 0.6) is 17.2 Å². The van der Waals surface area contributed by atoms with Gasteiger partial charge in [-0.15, -0.1) is 0 Å². The zero-order chi connectivity index (χ0) is 31.6. The quantitative estimate of drug-likeness (QED) is 0.295. The van der Waals surface area contributed by atoms with Gasteiger partial charge in [-0.2, -0.15) is 0 Å². The van der Waals surface area contributed by atoms with Gasteiger partial charge in [0.25, 0.3) is 0 Å². The van der Waals surface area contributed by atoms with Crippen LogP contribution in [0, 0.1) is 22.7 Å². The number of phenolic OH excluding ortho intramolecular Hbond substituents is 1. The average molecular weight is 587 g/mol. The zero-order valence-corrected chi connectivity index (χ0v) is 26.8. The highest BCUT2D eigenvalue weighted by Crippen LogP contribution is 2.67. The van der Waals surface area contributed by atoms with Gasteiger partial charge in [-0.25, -0.2) is 0 Å². The maximum Gasteiger partial charge on any atom is 0.238 e. The number of hydrogen-bond acceptors (Lipinski definition) is 7. The normalized spacial score (nSPS) is 27.8. The average Bonchev–Trinajstić information content (AvgIpc) is 3.16. The first kappa shape index (κ1) is 29.6. The van der Waals surface area contributed by atoms with Crippen LogP contribution in [0.3, 0.4) is 0 Å². The number of phenols is 1. The van der Waals surface area contributed by atoms with Crippen LogP contribution in [0.25, 0.3) is 0 Å². The molecule has 6 rings (SSSR count). The van der Waals surface area contributed by atoms with E-state index in [9.17, 15) is 19.5 Å². The smallest absolute Gasteiger partial charge is 0.238 e. The minimum atomic E-state index is -1.27. The molecule has 1 N–H and O–H groups in total. The Morgan fingerprint density at radius 1 is 0.907 bits per heavy atom. The fourth-order valence-electron chi connectivity index (χ4n) is 7.87. The molecule has 0 amide bonds. The van der Waals surface area contributed by atoms with Gasteiger partial charge in [0.05, 0.1) is 16.4 Å². The van der Waals surface area contributed by atoms with E-state index in [1.807, 2.05) is 58.0 Å². The molecule has 2 aromatic carbocycles. The van der Waals surface area contributed by atoms with Crippen LogP contribution in [0.2, 0.25) is 0 Å². The van der Waals surface area contributed by atoms with Crippen LogP contribution in [-0.4, -0.2) is 28.1 Å². The van der Waals surface area contributed by atoms with Crippen molar-refractivity contribution in [2.24, 2.45) is 22.7 Å². The zero-order valence-electron chi connectivity index (χ0n) is 26.8. The largest absolute Gasteiger partial charge is 0.507 e. The van der Waals surface area contributed by atoms with Crippen LogP contribution in [0.4, 0.5) is 0 Å². The molecule has 0 aromatic heterocycles. The van der Waals surface area contributed by atoms with Gasteiger partial charge in [0, 0.05) is 46.4 Å². The molecule has 1 saturated heterocycles. The summed E-state index contributed by atoms with van der Waals surface area (Å²) in [6.07, 6.45) is 0.458. The number of ketones is 3. The van der Waals surface area contributed by atoms with Crippen LogP contribution >= 0.6 is 0 Å². The monoisotopic (exact) mass is 586 g/mol. The molecule has 4 aliphatic rings. The predicted molar refractivity (Wildman–Crippen MR) is 161 cm³/mol. The van der Waals surface area contributed by atoms with Crippen molar-refractivity contribution in [3.05, 3.63) is 63.9 Å². The lowest BCUT2D eigenvalue weighted by atomic mass is 9.59. The van der Waals surface area contributed by atoms with E-state index in [1.54, 1.807) is 41.5 Å². The number of hydrogen-bond donors (Lipinski definition) is 1. The minimum absolute atomic E-state index is 0.0891. The summed E-state index contributed by atoms with van der Waals surface area (Å²) in [4.78, 5) is 41.8. The Balaban J connectivity index is 1.72. The summed E-state index contributed by atoms with van der Waals surface area (Å²) < 4.78 is 20.3. The van der Waals surface area contributed by atoms with E-state index < -0.39 is 34.1 Å². The Morgan fingerprint density at radius 2 is 1.53 bits per heavy atom. The van der Waals surface area contributed by atoms with Gasteiger partial charge in [0.1, 0.15) is 28.6 Å². The third-order valence-corrected chi connectivity index (χ3v) is 10.0. The summed E-state index contributed by atoms with van der Waals surface area (Å²) in [6.45, 7) is 18.4. The first-order chi connectivity index (χ1) is 19.9. The van der Waals surface area contributed by atoms with Crippen molar-refractivity contribution in [3.63, 3.8) is 0 Å². The molecule has 3 heterocycles. The molecule has 1 aliphatic carbocycles. The van der Waals surface area contributed by atoms with Gasteiger partial charge >= 0.3 is 0 Å². The highest BCUT2D eigenvalue weighted by molar-refractivity contribution is 6.20. The fraction of sp³-hybridized carbons (Fsp3) is 0.528. The van der Waals surface area contributed by atoms with Crippen molar-refractivity contribution >= 4 is 17.3 Å². The van der Waals surface area contributed by atoms with Gasteiger partial charge in [0.15, 0.2) is 17.3 Å². The van der Waals surface area contributed by atoms with E-state index in [4.69, 9.17) is 14.2 Å². The molecule has 2 aromatic rings. The number of Topliss-reactive ketones (excluding diaryl/α,β-unsaturated/α-hetero) is 3. The highest BCUT2D eigenvalue weighted by Gasteiger charge is 2.63. The van der Waals surface area contributed by atoms with Crippen molar-refractivity contribution in [1.82, 2.24) is 0 Å². The number of aromatic hydroxyl groups is 1. The molecule has 43 heavy (non-hydrogen) atoms. The standard InChI is InChI=1S/C36H42O7/c1-17(2)21-23-27(38)25(26(37)18(3)4)29-22(20-16-36(42-29,43-35(20,9)10)19-14-12-11-13-15-19)28(23)41-31-24(21)30(39)33(5,6)32(40)34(31,7)8/h11-15,17-18,20-21,38H,16H2,1-10H3/t20-,21?,36-/m0/s1. The molecule has 7 heteroatoms. The summed E-state index contributed by atoms with van der Waals surface area (Å²) in [5.74, 6) is -2.78. The van der Waals surface area contributed by atoms with E-state index in [2.05, 4.69) is 0 Å². The first-order valence-corrected chi connectivity index (χ1v) is 15.3. The number of fused-ring (bicyclic) bond motifs is 6. The Kier molecular flexibility index (Phi) is 6.22. The van der Waals surface area contributed by atoms with Crippen molar-refractivity contribution in [2.45, 2.75) is 98.9 Å². The molecular weight excluding hydrogens is 544 g/mol. The molecule has 0 spiro atoms. The van der Waals surface area contributed by atoms with Crippen LogP contribution < -0.4 is 9.47 Å². The van der Waals surface area contributed by atoms with E-state index in [1.165, 1.54) is 0 Å². The van der Waals surface area contributed by atoms with E-state index in [-0.39, 0.29) is 46.2 Å². The number of carbonyl (C=O) groups is 3. The number of carbonyl (C=O) groups excluding carboxylic acids is 3. The lowest BCUT2D eigenvalue weighted by Crippen LogP contribution is -2.52. The topological polar surface area (TPSA) is 99.1 Å². The molecular formula is C36H42O7. The first-order valence-electron chi connectivity index (χ1n) is 15.3. The van der Waals surface area contributed by atoms with Crippen molar-refractivity contribution in [1.29, 1.82) is 0 Å². The Hall–Kier alpha value is -3.45. The lowest BCUT2D eigenvalue weighted by Gasteiger charge is -2.47. The molecule has 7 nitrogen and oxygen atoms in total. The highest BCUT2D eigenvalue weighted by atomic mass is 16.7. The molecule has 1 fully saturated rings. The predicted octanol–water partition coefficient (Wildman–Crippen LogP) is 7.35. The summed E-state index contributed by atoms with van der Waals surface area (Å²) in [7, 11) is 0. The number of ether oxygens (including phenoxy) is 3. The Labute approximate surface area is 253 Å². The summed E-state index contributed by atoms with van der Waals surface area (Å²) in [6, 6.07) is 9.64. The number of benzene rings is 2. The van der Waals surface area contributed by atoms with Crippen molar-refractivity contribution in [3.8, 4) is 17.2 Å². The third kappa shape index (κ3) is 3.79. The fourth-order valence-corrected chi connectivity index (χ4v) is 7.87. The third-order valence-electron chi connectivity index (χ3n) is 10.0. The van der Waals surface area contributed by atoms with E-state index in [0.29, 0.717) is 34.6 Å². The lowest BCUT2D eigenvalue weighted by molar-refractivity contribution is -0.202. The Morgan fingerprint density at radius 3 is 2.12 bits per heavy atom. The van der Waals surface area contributed by atoms with Gasteiger partial charge in [-0.05, 0) is 47.5 Å². The van der Waals surface area contributed by atoms with Gasteiger partial charge in [0.2, 0.25) is 5.79 Å². The molecule has 0 radical (unpaired) electrons. The second-order valence-electron chi connectivity index (χ2n) is 14.9. The molecule has 3 atom stereocenters. The maximum absolute atomic E-state index is 14.1. The second-order valence-corrected chi connectivity index (χ2v) is 14.9. The van der Waals surface area contributed by atoms with Crippen molar-refractivity contribution < 1.29 is 33.7 Å². The molecule has 228 valence electrons. The Bertz CT molecular complexity index is 1620. The maximum atomic E-state index is 14.1. The van der Waals surface area contributed by atoms with Crippen molar-refractivity contribution in [2.75, 3.05) is 0 Å². The van der Waals surface area contributed by atoms with E-state index >= 15 is 0 Å². The summed E-state index contributed by atoms with van der Waals surface area (Å²) in [5.41, 5.74) is -0.764. The van der Waals surface area contributed by atoms with Crippen LogP contribution in [0.15, 0.2) is 41.7 Å².